The highest BCUT2D eigenvalue weighted by molar-refractivity contribution is 4.87. The molecule has 2 unspecified atom stereocenters. The standard InChI is InChI=1S/C11H21NO2/c1-11(13)5-3-6-12(9-11)10-4-2-7-14-8-10/h10,13H,2-9H2,1H3. The van der Waals surface area contributed by atoms with Crippen molar-refractivity contribution in [1.82, 2.24) is 4.90 Å². The molecule has 0 aromatic carbocycles. The third-order valence-corrected chi connectivity index (χ3v) is 3.36. The lowest BCUT2D eigenvalue weighted by atomic mass is 9.93. The van der Waals surface area contributed by atoms with Crippen molar-refractivity contribution >= 4 is 0 Å². The molecule has 2 saturated heterocycles. The van der Waals surface area contributed by atoms with Crippen LogP contribution in [0.4, 0.5) is 0 Å². The van der Waals surface area contributed by atoms with Crippen molar-refractivity contribution in [3.8, 4) is 0 Å². The fraction of sp³-hybridized carbons (Fsp3) is 1.00. The number of nitrogens with zero attached hydrogens (tertiary/aromatic N) is 1. The molecule has 2 fully saturated rings. The number of hydrogen-bond donors (Lipinski definition) is 1. The lowest BCUT2D eigenvalue weighted by Gasteiger charge is -2.42. The van der Waals surface area contributed by atoms with E-state index in [1.807, 2.05) is 6.92 Å². The summed E-state index contributed by atoms with van der Waals surface area (Å²) in [5, 5.41) is 9.99. The molecule has 2 atom stereocenters. The maximum Gasteiger partial charge on any atom is 0.0746 e. The molecule has 2 aliphatic heterocycles. The normalized spacial score (nSPS) is 41.1. The third-order valence-electron chi connectivity index (χ3n) is 3.36. The van der Waals surface area contributed by atoms with Gasteiger partial charge in [0.25, 0.3) is 0 Å². The topological polar surface area (TPSA) is 32.7 Å². The van der Waals surface area contributed by atoms with Crippen molar-refractivity contribution in [2.45, 2.75) is 44.2 Å². The molecule has 3 nitrogen and oxygen atoms in total. The summed E-state index contributed by atoms with van der Waals surface area (Å²) in [6, 6.07) is 0.551. The van der Waals surface area contributed by atoms with Crippen LogP contribution in [0.3, 0.4) is 0 Å². The molecule has 0 radical (unpaired) electrons. The van der Waals surface area contributed by atoms with Crippen molar-refractivity contribution in [3.05, 3.63) is 0 Å². The van der Waals surface area contributed by atoms with E-state index in [0.717, 1.165) is 39.1 Å². The van der Waals surface area contributed by atoms with Crippen LogP contribution in [0.5, 0.6) is 0 Å². The van der Waals surface area contributed by atoms with Crippen LogP contribution >= 0.6 is 0 Å². The van der Waals surface area contributed by atoms with Crippen molar-refractivity contribution in [2.75, 3.05) is 26.3 Å². The second-order valence-corrected chi connectivity index (χ2v) is 4.94. The zero-order valence-corrected chi connectivity index (χ0v) is 9.04. The number of piperidine rings is 1. The number of aliphatic hydroxyl groups is 1. The molecular weight excluding hydrogens is 178 g/mol. The Kier molecular flexibility index (Phi) is 3.10. The van der Waals surface area contributed by atoms with Gasteiger partial charge >= 0.3 is 0 Å². The van der Waals surface area contributed by atoms with E-state index in [9.17, 15) is 5.11 Å². The fourth-order valence-corrected chi connectivity index (χ4v) is 2.58. The van der Waals surface area contributed by atoms with Crippen LogP contribution in [0.15, 0.2) is 0 Å². The minimum absolute atomic E-state index is 0.476. The molecule has 0 amide bonds. The first-order chi connectivity index (χ1) is 6.67. The Morgan fingerprint density at radius 1 is 1.43 bits per heavy atom. The molecule has 2 rings (SSSR count). The van der Waals surface area contributed by atoms with Gasteiger partial charge in [0.05, 0.1) is 12.2 Å². The maximum absolute atomic E-state index is 9.99. The minimum atomic E-state index is -0.476. The number of rotatable bonds is 1. The van der Waals surface area contributed by atoms with Gasteiger partial charge < -0.3 is 9.84 Å². The molecule has 0 aliphatic carbocycles. The summed E-state index contributed by atoms with van der Waals surface area (Å²) < 4.78 is 5.48. The van der Waals surface area contributed by atoms with Crippen molar-refractivity contribution in [1.29, 1.82) is 0 Å². The zero-order chi connectivity index (χ0) is 10.0. The first-order valence-electron chi connectivity index (χ1n) is 5.72. The molecule has 0 spiro atoms. The van der Waals surface area contributed by atoms with E-state index in [-0.39, 0.29) is 0 Å². The molecule has 0 bridgehead atoms. The average molecular weight is 199 g/mol. The molecule has 0 aromatic heterocycles. The SMILES string of the molecule is CC1(O)CCCN(C2CCCOC2)C1. The van der Waals surface area contributed by atoms with E-state index in [1.54, 1.807) is 0 Å². The molecule has 0 saturated carbocycles. The van der Waals surface area contributed by atoms with E-state index < -0.39 is 5.60 Å². The summed E-state index contributed by atoms with van der Waals surface area (Å²) in [6.07, 6.45) is 4.46. The molecule has 2 aliphatic rings. The van der Waals surface area contributed by atoms with Crippen LogP contribution < -0.4 is 0 Å². The highest BCUT2D eigenvalue weighted by Crippen LogP contribution is 2.24. The van der Waals surface area contributed by atoms with Crippen LogP contribution in [0.1, 0.15) is 32.6 Å². The van der Waals surface area contributed by atoms with Gasteiger partial charge in [0.1, 0.15) is 0 Å². The predicted molar refractivity (Wildman–Crippen MR) is 55.3 cm³/mol. The number of likely N-dealkylation sites (tertiary alicyclic amines) is 1. The van der Waals surface area contributed by atoms with E-state index in [1.165, 1.54) is 12.8 Å². The first kappa shape index (κ1) is 10.4. The molecule has 2 heterocycles. The summed E-state index contributed by atoms with van der Waals surface area (Å²) in [4.78, 5) is 2.41. The van der Waals surface area contributed by atoms with Crippen LogP contribution in [0, 0.1) is 0 Å². The van der Waals surface area contributed by atoms with Gasteiger partial charge in [-0.25, -0.2) is 0 Å². The Bertz CT molecular complexity index is 188. The minimum Gasteiger partial charge on any atom is -0.389 e. The van der Waals surface area contributed by atoms with Gasteiger partial charge in [-0.05, 0) is 39.2 Å². The Morgan fingerprint density at radius 2 is 2.29 bits per heavy atom. The zero-order valence-electron chi connectivity index (χ0n) is 9.04. The number of β-amino-alcohol motifs (C(OH)–C–C–N with tert-alkyl or cyclic N) is 1. The summed E-state index contributed by atoms with van der Waals surface area (Å²) >= 11 is 0. The monoisotopic (exact) mass is 199 g/mol. The quantitative estimate of drug-likeness (QED) is 0.684. The largest absolute Gasteiger partial charge is 0.389 e. The fourth-order valence-electron chi connectivity index (χ4n) is 2.58. The van der Waals surface area contributed by atoms with Crippen molar-refractivity contribution < 1.29 is 9.84 Å². The Labute approximate surface area is 86.0 Å². The lowest BCUT2D eigenvalue weighted by Crippen LogP contribution is -2.52. The Hall–Kier alpha value is -0.120. The maximum atomic E-state index is 9.99. The van der Waals surface area contributed by atoms with E-state index >= 15 is 0 Å². The third kappa shape index (κ3) is 2.47. The molecule has 1 N–H and O–H groups in total. The predicted octanol–water partition coefficient (Wildman–Crippen LogP) is 1.01. The molecule has 82 valence electrons. The van der Waals surface area contributed by atoms with Gasteiger partial charge in [-0.3, -0.25) is 4.90 Å². The van der Waals surface area contributed by atoms with Gasteiger partial charge in [0, 0.05) is 19.2 Å². The second kappa shape index (κ2) is 4.17. The number of ether oxygens (including phenoxy) is 1. The molecule has 0 aromatic rings. The van der Waals surface area contributed by atoms with Gasteiger partial charge in [0.15, 0.2) is 0 Å². The Balaban J connectivity index is 1.89. The molecular formula is C11H21NO2. The average Bonchev–Trinajstić information content (AvgIpc) is 2.18. The highest BCUT2D eigenvalue weighted by atomic mass is 16.5. The highest BCUT2D eigenvalue weighted by Gasteiger charge is 2.32. The van der Waals surface area contributed by atoms with Crippen molar-refractivity contribution in [2.24, 2.45) is 0 Å². The van der Waals surface area contributed by atoms with Gasteiger partial charge in [-0.2, -0.15) is 0 Å². The van der Waals surface area contributed by atoms with Crippen molar-refractivity contribution in [3.63, 3.8) is 0 Å². The summed E-state index contributed by atoms with van der Waals surface area (Å²) in [7, 11) is 0. The first-order valence-corrected chi connectivity index (χ1v) is 5.72. The summed E-state index contributed by atoms with van der Waals surface area (Å²) in [5.74, 6) is 0. The van der Waals surface area contributed by atoms with Gasteiger partial charge in [-0.15, -0.1) is 0 Å². The van der Waals surface area contributed by atoms with E-state index in [2.05, 4.69) is 4.90 Å². The van der Waals surface area contributed by atoms with E-state index in [4.69, 9.17) is 4.74 Å². The van der Waals surface area contributed by atoms with E-state index in [0.29, 0.717) is 6.04 Å². The van der Waals surface area contributed by atoms with Crippen LogP contribution in [0.2, 0.25) is 0 Å². The van der Waals surface area contributed by atoms with Gasteiger partial charge in [0.2, 0.25) is 0 Å². The lowest BCUT2D eigenvalue weighted by molar-refractivity contribution is -0.0579. The van der Waals surface area contributed by atoms with Gasteiger partial charge in [-0.1, -0.05) is 0 Å². The Morgan fingerprint density at radius 3 is 2.93 bits per heavy atom. The summed E-state index contributed by atoms with van der Waals surface area (Å²) in [6.45, 7) is 5.67. The van der Waals surface area contributed by atoms with Crippen LogP contribution in [-0.2, 0) is 4.74 Å². The van der Waals surface area contributed by atoms with Crippen LogP contribution in [0.25, 0.3) is 0 Å². The summed E-state index contributed by atoms with van der Waals surface area (Å²) in [5.41, 5.74) is -0.476. The second-order valence-electron chi connectivity index (χ2n) is 4.94. The molecule has 14 heavy (non-hydrogen) atoms. The number of hydrogen-bond acceptors (Lipinski definition) is 3. The molecule has 3 heteroatoms. The smallest absolute Gasteiger partial charge is 0.0746 e. The van der Waals surface area contributed by atoms with Crippen LogP contribution in [-0.4, -0.2) is 48.0 Å².